The summed E-state index contributed by atoms with van der Waals surface area (Å²) < 4.78 is 10.9. The van der Waals surface area contributed by atoms with Gasteiger partial charge >= 0.3 is 6.09 Å². The van der Waals surface area contributed by atoms with E-state index in [2.05, 4.69) is 41.0 Å². The fraction of sp³-hybridized carbons (Fsp3) is 0.360. The number of fused-ring (bicyclic) bond motifs is 1. The van der Waals surface area contributed by atoms with Gasteiger partial charge in [-0.3, -0.25) is 4.90 Å². The van der Waals surface area contributed by atoms with Gasteiger partial charge in [-0.15, -0.1) is 0 Å². The molecule has 0 aliphatic carbocycles. The number of ether oxygens (including phenoxy) is 2. The van der Waals surface area contributed by atoms with E-state index in [1.165, 1.54) is 4.90 Å². The summed E-state index contributed by atoms with van der Waals surface area (Å²) in [4.78, 5) is 22.9. The number of aromatic nitrogens is 1. The molecule has 3 aromatic rings. The van der Waals surface area contributed by atoms with Crippen molar-refractivity contribution in [3.63, 3.8) is 0 Å². The Labute approximate surface area is 189 Å². The number of para-hydroxylation sites is 1. The van der Waals surface area contributed by atoms with E-state index < -0.39 is 6.09 Å². The SMILES string of the molecule is COc1cc(C(C)N2CCN(c3ccc4ccccc4n3)CC2)ccc1OC(=O)N(C)C. The van der Waals surface area contributed by atoms with E-state index >= 15 is 0 Å². The smallest absolute Gasteiger partial charge is 0.414 e. The number of hydrogen-bond acceptors (Lipinski definition) is 6. The van der Waals surface area contributed by atoms with Gasteiger partial charge < -0.3 is 19.3 Å². The second kappa shape index (κ2) is 9.44. The van der Waals surface area contributed by atoms with Gasteiger partial charge in [0.2, 0.25) is 0 Å². The lowest BCUT2D eigenvalue weighted by Crippen LogP contribution is -2.47. The monoisotopic (exact) mass is 434 g/mol. The van der Waals surface area contributed by atoms with Crippen LogP contribution < -0.4 is 14.4 Å². The second-order valence-corrected chi connectivity index (χ2v) is 8.23. The minimum atomic E-state index is -0.428. The second-order valence-electron chi connectivity index (χ2n) is 8.23. The molecule has 32 heavy (non-hydrogen) atoms. The van der Waals surface area contributed by atoms with E-state index in [4.69, 9.17) is 14.5 Å². The number of hydrogen-bond donors (Lipinski definition) is 0. The molecule has 0 N–H and O–H groups in total. The number of amides is 1. The first-order valence-corrected chi connectivity index (χ1v) is 10.9. The summed E-state index contributed by atoms with van der Waals surface area (Å²) in [6.07, 6.45) is -0.428. The van der Waals surface area contributed by atoms with Crippen molar-refractivity contribution in [3.8, 4) is 11.5 Å². The summed E-state index contributed by atoms with van der Waals surface area (Å²) in [6, 6.07) is 18.5. The number of rotatable bonds is 5. The van der Waals surface area contributed by atoms with E-state index in [0.29, 0.717) is 11.5 Å². The zero-order chi connectivity index (χ0) is 22.7. The Morgan fingerprint density at radius 3 is 2.47 bits per heavy atom. The highest BCUT2D eigenvalue weighted by molar-refractivity contribution is 5.80. The Bertz CT molecular complexity index is 1090. The maximum atomic E-state index is 11.9. The minimum Gasteiger partial charge on any atom is -0.493 e. The van der Waals surface area contributed by atoms with Crippen LogP contribution in [0.4, 0.5) is 10.6 Å². The van der Waals surface area contributed by atoms with Crippen LogP contribution in [0.2, 0.25) is 0 Å². The Morgan fingerprint density at radius 1 is 1.00 bits per heavy atom. The van der Waals surface area contributed by atoms with Crippen LogP contribution in [0.25, 0.3) is 10.9 Å². The van der Waals surface area contributed by atoms with Crippen molar-refractivity contribution in [2.24, 2.45) is 0 Å². The molecule has 1 saturated heterocycles. The first-order chi connectivity index (χ1) is 15.5. The average Bonchev–Trinajstić information content (AvgIpc) is 2.83. The number of carbonyl (C=O) groups is 1. The molecule has 1 atom stereocenters. The van der Waals surface area contributed by atoms with Crippen LogP contribution in [-0.2, 0) is 0 Å². The van der Waals surface area contributed by atoms with Gasteiger partial charge in [0.25, 0.3) is 0 Å². The molecule has 1 aliphatic heterocycles. The third-order valence-corrected chi connectivity index (χ3v) is 6.00. The van der Waals surface area contributed by atoms with Crippen molar-refractivity contribution in [3.05, 3.63) is 60.2 Å². The summed E-state index contributed by atoms with van der Waals surface area (Å²) >= 11 is 0. The van der Waals surface area contributed by atoms with Gasteiger partial charge in [-0.05, 0) is 42.8 Å². The van der Waals surface area contributed by atoms with E-state index in [0.717, 1.165) is 48.5 Å². The first-order valence-electron chi connectivity index (χ1n) is 10.9. The molecule has 4 rings (SSSR count). The highest BCUT2D eigenvalue weighted by atomic mass is 16.6. The van der Waals surface area contributed by atoms with Gasteiger partial charge in [0.15, 0.2) is 11.5 Å². The Balaban J connectivity index is 1.42. The number of nitrogens with zero attached hydrogens (tertiary/aromatic N) is 4. The van der Waals surface area contributed by atoms with Crippen molar-refractivity contribution in [2.75, 3.05) is 52.3 Å². The molecule has 7 heteroatoms. The maximum Gasteiger partial charge on any atom is 0.414 e. The topological polar surface area (TPSA) is 58.1 Å². The largest absolute Gasteiger partial charge is 0.493 e. The van der Waals surface area contributed by atoms with Gasteiger partial charge in [-0.1, -0.05) is 24.3 Å². The Kier molecular flexibility index (Phi) is 6.46. The van der Waals surface area contributed by atoms with Crippen molar-refractivity contribution in [2.45, 2.75) is 13.0 Å². The third kappa shape index (κ3) is 4.62. The molecule has 7 nitrogen and oxygen atoms in total. The van der Waals surface area contributed by atoms with Gasteiger partial charge in [0.05, 0.1) is 12.6 Å². The zero-order valence-corrected chi connectivity index (χ0v) is 19.1. The standard InChI is InChI=1S/C25H30N4O3/c1-18(20-9-11-22(23(17-20)31-4)32-25(30)27(2)3)28-13-15-29(16-14-28)24-12-10-19-7-5-6-8-21(19)26-24/h5-12,17-18H,13-16H2,1-4H3. The highest BCUT2D eigenvalue weighted by Crippen LogP contribution is 2.33. The van der Waals surface area contributed by atoms with Gasteiger partial charge in [0.1, 0.15) is 5.82 Å². The van der Waals surface area contributed by atoms with Crippen molar-refractivity contribution in [1.29, 1.82) is 0 Å². The number of benzene rings is 2. The molecular weight excluding hydrogens is 404 g/mol. The molecule has 0 bridgehead atoms. The summed E-state index contributed by atoms with van der Waals surface area (Å²) in [7, 11) is 4.89. The summed E-state index contributed by atoms with van der Waals surface area (Å²) in [5.74, 6) is 2.02. The van der Waals surface area contributed by atoms with Crippen molar-refractivity contribution < 1.29 is 14.3 Å². The van der Waals surface area contributed by atoms with Crippen molar-refractivity contribution in [1.82, 2.24) is 14.8 Å². The summed E-state index contributed by atoms with van der Waals surface area (Å²) in [5.41, 5.74) is 2.16. The van der Waals surface area contributed by atoms with Crippen LogP contribution in [0, 0.1) is 0 Å². The molecule has 1 unspecified atom stereocenters. The van der Waals surface area contributed by atoms with Crippen LogP contribution in [-0.4, -0.2) is 68.3 Å². The summed E-state index contributed by atoms with van der Waals surface area (Å²) in [5, 5.41) is 1.16. The van der Waals surface area contributed by atoms with Crippen LogP contribution in [0.15, 0.2) is 54.6 Å². The number of anilines is 1. The minimum absolute atomic E-state index is 0.217. The maximum absolute atomic E-state index is 11.9. The van der Waals surface area contributed by atoms with Gasteiger partial charge in [0, 0.05) is 51.7 Å². The number of pyridine rings is 1. The Hall–Kier alpha value is -3.32. The number of methoxy groups -OCH3 is 1. The van der Waals surface area contributed by atoms with Crippen LogP contribution in [0.5, 0.6) is 11.5 Å². The fourth-order valence-electron chi connectivity index (χ4n) is 3.99. The fourth-order valence-corrected chi connectivity index (χ4v) is 3.99. The predicted molar refractivity (Wildman–Crippen MR) is 127 cm³/mol. The molecular formula is C25H30N4O3. The van der Waals surface area contributed by atoms with E-state index in [1.807, 2.05) is 24.3 Å². The van der Waals surface area contributed by atoms with Crippen LogP contribution >= 0.6 is 0 Å². The normalized spacial score (nSPS) is 15.4. The first kappa shape index (κ1) is 21.9. The molecule has 1 aromatic heterocycles. The van der Waals surface area contributed by atoms with Crippen molar-refractivity contribution >= 4 is 22.8 Å². The van der Waals surface area contributed by atoms with Gasteiger partial charge in [-0.25, -0.2) is 9.78 Å². The third-order valence-electron chi connectivity index (χ3n) is 6.00. The molecule has 1 fully saturated rings. The van der Waals surface area contributed by atoms with E-state index in [9.17, 15) is 4.79 Å². The number of piperazine rings is 1. The molecule has 0 saturated carbocycles. The lowest BCUT2D eigenvalue weighted by Gasteiger charge is -2.39. The zero-order valence-electron chi connectivity index (χ0n) is 19.1. The molecule has 1 amide bonds. The van der Waals surface area contributed by atoms with E-state index in [-0.39, 0.29) is 6.04 Å². The molecule has 2 aromatic carbocycles. The highest BCUT2D eigenvalue weighted by Gasteiger charge is 2.24. The summed E-state index contributed by atoms with van der Waals surface area (Å²) in [6.45, 7) is 5.92. The molecule has 0 radical (unpaired) electrons. The average molecular weight is 435 g/mol. The van der Waals surface area contributed by atoms with E-state index in [1.54, 1.807) is 27.3 Å². The lowest BCUT2D eigenvalue weighted by atomic mass is 10.1. The number of carbonyl (C=O) groups excluding carboxylic acids is 1. The Morgan fingerprint density at radius 2 is 1.75 bits per heavy atom. The van der Waals surface area contributed by atoms with Gasteiger partial charge in [-0.2, -0.15) is 0 Å². The quantitative estimate of drug-likeness (QED) is 0.600. The van der Waals surface area contributed by atoms with Crippen LogP contribution in [0.1, 0.15) is 18.5 Å². The lowest BCUT2D eigenvalue weighted by molar-refractivity contribution is 0.170. The molecule has 168 valence electrons. The molecule has 2 heterocycles. The molecule has 0 spiro atoms. The predicted octanol–water partition coefficient (Wildman–Crippen LogP) is 4.19. The van der Waals surface area contributed by atoms with Crippen LogP contribution in [0.3, 0.4) is 0 Å². The molecule has 1 aliphatic rings.